The molecular formula is C14H18ClNO. The molecule has 1 aliphatic rings. The molecule has 2 unspecified atom stereocenters. The van der Waals surface area contributed by atoms with Gasteiger partial charge in [0.25, 0.3) is 5.91 Å². The molecule has 1 aromatic rings. The van der Waals surface area contributed by atoms with Crippen molar-refractivity contribution in [2.45, 2.75) is 38.6 Å². The molecule has 1 saturated carbocycles. The van der Waals surface area contributed by atoms with Crippen LogP contribution in [0.3, 0.4) is 0 Å². The van der Waals surface area contributed by atoms with Gasteiger partial charge in [-0.25, -0.2) is 0 Å². The van der Waals surface area contributed by atoms with Gasteiger partial charge in [-0.15, -0.1) is 0 Å². The number of carbonyl (C=O) groups is 1. The summed E-state index contributed by atoms with van der Waals surface area (Å²) in [6, 6.07) is 7.50. The molecule has 2 rings (SSSR count). The van der Waals surface area contributed by atoms with Gasteiger partial charge in [-0.3, -0.25) is 4.79 Å². The van der Waals surface area contributed by atoms with Crippen LogP contribution in [0.25, 0.3) is 0 Å². The highest BCUT2D eigenvalue weighted by Gasteiger charge is 2.21. The van der Waals surface area contributed by atoms with Gasteiger partial charge in [0, 0.05) is 6.04 Å². The lowest BCUT2D eigenvalue weighted by atomic mass is 9.87. The molecule has 1 fully saturated rings. The number of halogens is 1. The first-order chi connectivity index (χ1) is 8.16. The average Bonchev–Trinajstić information content (AvgIpc) is 2.29. The number of amides is 1. The predicted octanol–water partition coefficient (Wildman–Crippen LogP) is 3.65. The van der Waals surface area contributed by atoms with E-state index in [1.807, 2.05) is 12.1 Å². The van der Waals surface area contributed by atoms with Gasteiger partial charge < -0.3 is 5.32 Å². The van der Waals surface area contributed by atoms with Crippen molar-refractivity contribution >= 4 is 17.5 Å². The van der Waals surface area contributed by atoms with Crippen LogP contribution in [-0.2, 0) is 0 Å². The second-order valence-electron chi connectivity index (χ2n) is 4.92. The van der Waals surface area contributed by atoms with Crippen LogP contribution in [0.5, 0.6) is 0 Å². The molecule has 1 aromatic carbocycles. The number of rotatable bonds is 2. The van der Waals surface area contributed by atoms with Crippen LogP contribution in [0.4, 0.5) is 0 Å². The van der Waals surface area contributed by atoms with Crippen molar-refractivity contribution in [1.82, 2.24) is 5.32 Å². The maximum Gasteiger partial charge on any atom is 0.253 e. The molecule has 0 aliphatic heterocycles. The highest BCUT2D eigenvalue weighted by molar-refractivity contribution is 6.33. The van der Waals surface area contributed by atoms with Gasteiger partial charge in [0.15, 0.2) is 0 Å². The van der Waals surface area contributed by atoms with Gasteiger partial charge >= 0.3 is 0 Å². The zero-order valence-corrected chi connectivity index (χ0v) is 10.8. The third kappa shape index (κ3) is 3.22. The van der Waals surface area contributed by atoms with Crippen molar-refractivity contribution in [3.05, 3.63) is 34.9 Å². The van der Waals surface area contributed by atoms with Crippen molar-refractivity contribution in [1.29, 1.82) is 0 Å². The lowest BCUT2D eigenvalue weighted by Crippen LogP contribution is -2.38. The molecular weight excluding hydrogens is 234 g/mol. The molecule has 0 heterocycles. The second-order valence-corrected chi connectivity index (χ2v) is 5.33. The van der Waals surface area contributed by atoms with Gasteiger partial charge in [0.1, 0.15) is 0 Å². The van der Waals surface area contributed by atoms with Crippen LogP contribution in [0.2, 0.25) is 5.02 Å². The molecule has 0 spiro atoms. The van der Waals surface area contributed by atoms with E-state index in [9.17, 15) is 4.79 Å². The standard InChI is InChI=1S/C14H18ClNO/c1-10-5-4-6-11(9-10)16-14(17)12-7-2-3-8-13(12)15/h2-3,7-8,10-11H,4-6,9H2,1H3,(H,16,17). The smallest absolute Gasteiger partial charge is 0.253 e. The summed E-state index contributed by atoms with van der Waals surface area (Å²) in [4.78, 5) is 12.0. The Balaban J connectivity index is 1.99. The van der Waals surface area contributed by atoms with Crippen LogP contribution in [0.15, 0.2) is 24.3 Å². The molecule has 17 heavy (non-hydrogen) atoms. The lowest BCUT2D eigenvalue weighted by molar-refractivity contribution is 0.0921. The van der Waals surface area contributed by atoms with Gasteiger partial charge in [0.2, 0.25) is 0 Å². The third-order valence-corrected chi connectivity index (χ3v) is 3.72. The Morgan fingerprint density at radius 1 is 1.35 bits per heavy atom. The zero-order chi connectivity index (χ0) is 12.3. The molecule has 3 heteroatoms. The average molecular weight is 252 g/mol. The fourth-order valence-corrected chi connectivity index (χ4v) is 2.70. The van der Waals surface area contributed by atoms with Gasteiger partial charge in [-0.2, -0.15) is 0 Å². The summed E-state index contributed by atoms with van der Waals surface area (Å²) in [6.07, 6.45) is 4.64. The van der Waals surface area contributed by atoms with E-state index in [1.54, 1.807) is 12.1 Å². The van der Waals surface area contributed by atoms with E-state index >= 15 is 0 Å². The Bertz CT molecular complexity index is 405. The molecule has 0 radical (unpaired) electrons. The minimum Gasteiger partial charge on any atom is -0.349 e. The second kappa shape index (κ2) is 5.54. The zero-order valence-electron chi connectivity index (χ0n) is 10.1. The molecule has 1 N–H and O–H groups in total. The van der Waals surface area contributed by atoms with Crippen LogP contribution < -0.4 is 5.32 Å². The summed E-state index contributed by atoms with van der Waals surface area (Å²) >= 11 is 6.00. The summed E-state index contributed by atoms with van der Waals surface area (Å²) in [7, 11) is 0. The first kappa shape index (κ1) is 12.4. The Labute approximate surface area is 107 Å². The minimum atomic E-state index is -0.0466. The number of hydrogen-bond acceptors (Lipinski definition) is 1. The molecule has 1 amide bonds. The third-order valence-electron chi connectivity index (χ3n) is 3.39. The molecule has 2 atom stereocenters. The highest BCUT2D eigenvalue weighted by atomic mass is 35.5. The highest BCUT2D eigenvalue weighted by Crippen LogP contribution is 2.24. The lowest BCUT2D eigenvalue weighted by Gasteiger charge is -2.27. The molecule has 0 aromatic heterocycles. The molecule has 92 valence electrons. The monoisotopic (exact) mass is 251 g/mol. The Morgan fingerprint density at radius 2 is 2.12 bits per heavy atom. The summed E-state index contributed by atoms with van der Waals surface area (Å²) in [6.45, 7) is 2.24. The summed E-state index contributed by atoms with van der Waals surface area (Å²) in [5.74, 6) is 0.662. The van der Waals surface area contributed by atoms with E-state index in [-0.39, 0.29) is 5.91 Å². The fourth-order valence-electron chi connectivity index (χ4n) is 2.47. The Morgan fingerprint density at radius 3 is 2.82 bits per heavy atom. The molecule has 0 saturated heterocycles. The summed E-state index contributed by atoms with van der Waals surface area (Å²) in [5.41, 5.74) is 0.576. The predicted molar refractivity (Wildman–Crippen MR) is 70.3 cm³/mol. The van der Waals surface area contributed by atoms with Crippen molar-refractivity contribution in [3.8, 4) is 0 Å². The molecule has 2 nitrogen and oxygen atoms in total. The largest absolute Gasteiger partial charge is 0.349 e. The van der Waals surface area contributed by atoms with E-state index < -0.39 is 0 Å². The maximum absolute atomic E-state index is 12.0. The maximum atomic E-state index is 12.0. The molecule has 1 aliphatic carbocycles. The van der Waals surface area contributed by atoms with Crippen molar-refractivity contribution < 1.29 is 4.79 Å². The van der Waals surface area contributed by atoms with Crippen molar-refractivity contribution in [2.24, 2.45) is 5.92 Å². The van der Waals surface area contributed by atoms with E-state index in [0.717, 1.165) is 12.8 Å². The van der Waals surface area contributed by atoms with Gasteiger partial charge in [-0.1, -0.05) is 43.5 Å². The number of carbonyl (C=O) groups excluding carboxylic acids is 1. The van der Waals surface area contributed by atoms with Gasteiger partial charge in [-0.05, 0) is 30.9 Å². The number of nitrogens with one attached hydrogen (secondary N) is 1. The first-order valence-corrected chi connectivity index (χ1v) is 6.60. The minimum absolute atomic E-state index is 0.0466. The summed E-state index contributed by atoms with van der Waals surface area (Å²) in [5, 5.41) is 3.61. The van der Waals surface area contributed by atoms with E-state index in [0.29, 0.717) is 22.5 Å². The molecule has 0 bridgehead atoms. The number of benzene rings is 1. The van der Waals surface area contributed by atoms with E-state index in [1.165, 1.54) is 12.8 Å². The van der Waals surface area contributed by atoms with Crippen molar-refractivity contribution in [3.63, 3.8) is 0 Å². The van der Waals surface area contributed by atoms with Crippen LogP contribution in [-0.4, -0.2) is 11.9 Å². The van der Waals surface area contributed by atoms with E-state index in [2.05, 4.69) is 12.2 Å². The Kier molecular flexibility index (Phi) is 4.06. The first-order valence-electron chi connectivity index (χ1n) is 6.22. The van der Waals surface area contributed by atoms with E-state index in [4.69, 9.17) is 11.6 Å². The van der Waals surface area contributed by atoms with Crippen LogP contribution in [0, 0.1) is 5.92 Å². The normalized spacial score (nSPS) is 24.4. The SMILES string of the molecule is CC1CCCC(NC(=O)c2ccccc2Cl)C1. The number of hydrogen-bond donors (Lipinski definition) is 1. The summed E-state index contributed by atoms with van der Waals surface area (Å²) < 4.78 is 0. The van der Waals surface area contributed by atoms with Crippen molar-refractivity contribution in [2.75, 3.05) is 0 Å². The van der Waals surface area contributed by atoms with Gasteiger partial charge in [0.05, 0.1) is 10.6 Å². The van der Waals surface area contributed by atoms with Crippen LogP contribution in [0.1, 0.15) is 43.0 Å². The fraction of sp³-hybridized carbons (Fsp3) is 0.500. The Hall–Kier alpha value is -1.02. The quantitative estimate of drug-likeness (QED) is 0.854. The van der Waals surface area contributed by atoms with Crippen LogP contribution >= 0.6 is 11.6 Å². The topological polar surface area (TPSA) is 29.1 Å².